The molecule has 1 aliphatic rings. The Morgan fingerprint density at radius 1 is 1.50 bits per heavy atom. The molecule has 0 aliphatic carbocycles. The van der Waals surface area contributed by atoms with Crippen molar-refractivity contribution in [3.8, 4) is 5.75 Å². The Kier molecular flexibility index (Phi) is 6.93. The van der Waals surface area contributed by atoms with E-state index in [2.05, 4.69) is 5.32 Å². The highest BCUT2D eigenvalue weighted by Crippen LogP contribution is 2.27. The summed E-state index contributed by atoms with van der Waals surface area (Å²) >= 11 is 5.99. The smallest absolute Gasteiger partial charge is 0.307 e. The van der Waals surface area contributed by atoms with E-state index in [1.807, 2.05) is 4.90 Å². The zero-order valence-electron chi connectivity index (χ0n) is 12.0. The SMILES string of the molecule is COc1ccc(NC(=O)CN2CCC(C(=O)O)C2)cc1Cl.Cl. The molecule has 0 radical (unpaired) electrons. The van der Waals surface area contributed by atoms with Gasteiger partial charge in [0.05, 0.1) is 24.6 Å². The molecule has 0 bridgehead atoms. The fraction of sp³-hybridized carbons (Fsp3) is 0.429. The van der Waals surface area contributed by atoms with Gasteiger partial charge in [0.1, 0.15) is 5.75 Å². The summed E-state index contributed by atoms with van der Waals surface area (Å²) in [5.74, 6) is -0.839. The molecule has 1 amide bonds. The van der Waals surface area contributed by atoms with Crippen molar-refractivity contribution in [2.45, 2.75) is 6.42 Å². The highest BCUT2D eigenvalue weighted by molar-refractivity contribution is 6.32. The normalized spacial score (nSPS) is 17.6. The van der Waals surface area contributed by atoms with Gasteiger partial charge in [-0.1, -0.05) is 11.6 Å². The minimum Gasteiger partial charge on any atom is -0.495 e. The third-order valence-electron chi connectivity index (χ3n) is 3.42. The number of methoxy groups -OCH3 is 1. The summed E-state index contributed by atoms with van der Waals surface area (Å²) in [5.41, 5.74) is 0.583. The van der Waals surface area contributed by atoms with E-state index in [0.717, 1.165) is 0 Å². The van der Waals surface area contributed by atoms with Crippen molar-refractivity contribution < 1.29 is 19.4 Å². The Hall–Kier alpha value is -1.50. The summed E-state index contributed by atoms with van der Waals surface area (Å²) in [4.78, 5) is 24.6. The Labute approximate surface area is 139 Å². The number of hydrogen-bond acceptors (Lipinski definition) is 4. The largest absolute Gasteiger partial charge is 0.495 e. The van der Waals surface area contributed by atoms with E-state index >= 15 is 0 Å². The predicted molar refractivity (Wildman–Crippen MR) is 86.1 cm³/mol. The number of rotatable bonds is 5. The molecular formula is C14H18Cl2N2O4. The van der Waals surface area contributed by atoms with E-state index in [0.29, 0.717) is 36.0 Å². The van der Waals surface area contributed by atoms with Crippen LogP contribution in [0.15, 0.2) is 18.2 Å². The lowest BCUT2D eigenvalue weighted by atomic mass is 10.1. The van der Waals surface area contributed by atoms with Gasteiger partial charge in [-0.3, -0.25) is 14.5 Å². The Bertz CT molecular complexity index is 554. The molecule has 1 fully saturated rings. The Morgan fingerprint density at radius 3 is 2.77 bits per heavy atom. The number of nitrogens with zero attached hydrogens (tertiary/aromatic N) is 1. The number of amides is 1. The Balaban J connectivity index is 0.00000242. The van der Waals surface area contributed by atoms with E-state index in [9.17, 15) is 9.59 Å². The Morgan fingerprint density at radius 2 is 2.23 bits per heavy atom. The second-order valence-electron chi connectivity index (χ2n) is 4.96. The van der Waals surface area contributed by atoms with Crippen LogP contribution < -0.4 is 10.1 Å². The number of carboxylic acid groups (broad SMARTS) is 1. The number of anilines is 1. The average molecular weight is 349 g/mol. The van der Waals surface area contributed by atoms with Crippen LogP contribution in [0.25, 0.3) is 0 Å². The van der Waals surface area contributed by atoms with Crippen molar-refractivity contribution in [1.82, 2.24) is 4.90 Å². The molecule has 1 aromatic carbocycles. The number of carboxylic acids is 1. The van der Waals surface area contributed by atoms with Crippen molar-refractivity contribution in [2.24, 2.45) is 5.92 Å². The second kappa shape index (κ2) is 8.22. The fourth-order valence-electron chi connectivity index (χ4n) is 2.33. The topological polar surface area (TPSA) is 78.9 Å². The van der Waals surface area contributed by atoms with Gasteiger partial charge in [0, 0.05) is 12.2 Å². The monoisotopic (exact) mass is 348 g/mol. The van der Waals surface area contributed by atoms with Crippen molar-refractivity contribution in [2.75, 3.05) is 32.1 Å². The molecule has 1 heterocycles. The van der Waals surface area contributed by atoms with Crippen molar-refractivity contribution in [1.29, 1.82) is 0 Å². The van der Waals surface area contributed by atoms with Crippen LogP contribution in [0.5, 0.6) is 5.75 Å². The van der Waals surface area contributed by atoms with Crippen LogP contribution in [-0.2, 0) is 9.59 Å². The number of benzene rings is 1. The van der Waals surface area contributed by atoms with Crippen LogP contribution in [0.2, 0.25) is 5.02 Å². The van der Waals surface area contributed by atoms with Gasteiger partial charge in [-0.2, -0.15) is 0 Å². The number of carbonyl (C=O) groups is 2. The minimum absolute atomic E-state index is 0. The maximum absolute atomic E-state index is 11.9. The first-order chi connectivity index (χ1) is 9.99. The van der Waals surface area contributed by atoms with Gasteiger partial charge in [-0.25, -0.2) is 0 Å². The predicted octanol–water partition coefficient (Wildman–Crippen LogP) is 2.12. The maximum atomic E-state index is 11.9. The van der Waals surface area contributed by atoms with Crippen molar-refractivity contribution in [3.05, 3.63) is 23.2 Å². The van der Waals surface area contributed by atoms with E-state index < -0.39 is 5.97 Å². The molecule has 2 rings (SSSR count). The van der Waals surface area contributed by atoms with E-state index in [1.165, 1.54) is 7.11 Å². The molecule has 1 aromatic rings. The number of hydrogen-bond donors (Lipinski definition) is 2. The summed E-state index contributed by atoms with van der Waals surface area (Å²) in [6.45, 7) is 1.20. The second-order valence-corrected chi connectivity index (χ2v) is 5.36. The highest BCUT2D eigenvalue weighted by atomic mass is 35.5. The molecule has 6 nitrogen and oxygen atoms in total. The summed E-state index contributed by atoms with van der Waals surface area (Å²) in [5, 5.41) is 12.1. The molecule has 0 aromatic heterocycles. The van der Waals surface area contributed by atoms with Crippen LogP contribution in [0.1, 0.15) is 6.42 Å². The highest BCUT2D eigenvalue weighted by Gasteiger charge is 2.28. The lowest BCUT2D eigenvalue weighted by molar-refractivity contribution is -0.141. The zero-order valence-corrected chi connectivity index (χ0v) is 13.6. The average Bonchev–Trinajstić information content (AvgIpc) is 2.87. The molecule has 8 heteroatoms. The van der Waals surface area contributed by atoms with Gasteiger partial charge in [-0.15, -0.1) is 12.4 Å². The summed E-state index contributed by atoms with van der Waals surface area (Å²) in [7, 11) is 1.52. The molecule has 1 atom stereocenters. The van der Waals surface area contributed by atoms with Crippen LogP contribution in [-0.4, -0.2) is 48.6 Å². The molecule has 122 valence electrons. The summed E-state index contributed by atoms with van der Waals surface area (Å²) in [6.07, 6.45) is 0.580. The number of likely N-dealkylation sites (tertiary alicyclic amines) is 1. The van der Waals surface area contributed by atoms with E-state index in [1.54, 1.807) is 18.2 Å². The molecule has 0 saturated carbocycles. The first-order valence-corrected chi connectivity index (χ1v) is 6.96. The van der Waals surface area contributed by atoms with E-state index in [-0.39, 0.29) is 30.8 Å². The maximum Gasteiger partial charge on any atom is 0.307 e. The third kappa shape index (κ3) is 4.76. The molecular weight excluding hydrogens is 331 g/mol. The number of halogens is 2. The number of carbonyl (C=O) groups excluding carboxylic acids is 1. The number of ether oxygens (including phenoxy) is 1. The van der Waals surface area contributed by atoms with Crippen LogP contribution in [0.4, 0.5) is 5.69 Å². The fourth-order valence-corrected chi connectivity index (χ4v) is 2.58. The van der Waals surface area contributed by atoms with Gasteiger partial charge in [-0.05, 0) is 31.2 Å². The number of aliphatic carboxylic acids is 1. The quantitative estimate of drug-likeness (QED) is 0.851. The zero-order chi connectivity index (χ0) is 15.4. The first-order valence-electron chi connectivity index (χ1n) is 6.58. The van der Waals surface area contributed by atoms with Crippen LogP contribution in [0, 0.1) is 5.92 Å². The number of nitrogens with one attached hydrogen (secondary N) is 1. The van der Waals surface area contributed by atoms with Gasteiger partial charge < -0.3 is 15.2 Å². The summed E-state index contributed by atoms with van der Waals surface area (Å²) in [6, 6.07) is 4.99. The minimum atomic E-state index is -0.806. The van der Waals surface area contributed by atoms with Gasteiger partial charge >= 0.3 is 5.97 Å². The molecule has 0 spiro atoms. The lowest BCUT2D eigenvalue weighted by Crippen LogP contribution is -2.32. The van der Waals surface area contributed by atoms with Gasteiger partial charge in [0.2, 0.25) is 5.91 Å². The van der Waals surface area contributed by atoms with Crippen molar-refractivity contribution >= 4 is 41.6 Å². The molecule has 1 aliphatic heterocycles. The summed E-state index contributed by atoms with van der Waals surface area (Å²) < 4.78 is 5.04. The molecule has 2 N–H and O–H groups in total. The van der Waals surface area contributed by atoms with Gasteiger partial charge in [0.15, 0.2) is 0 Å². The molecule has 1 saturated heterocycles. The standard InChI is InChI=1S/C14H17ClN2O4.ClH/c1-21-12-3-2-10(6-11(12)15)16-13(18)8-17-5-4-9(7-17)14(19)20;/h2-3,6,9H,4-5,7-8H2,1H3,(H,16,18)(H,19,20);1H. The van der Waals surface area contributed by atoms with Crippen LogP contribution in [0.3, 0.4) is 0 Å². The van der Waals surface area contributed by atoms with Crippen molar-refractivity contribution in [3.63, 3.8) is 0 Å². The molecule has 22 heavy (non-hydrogen) atoms. The van der Waals surface area contributed by atoms with Gasteiger partial charge in [0.25, 0.3) is 0 Å². The van der Waals surface area contributed by atoms with E-state index in [4.69, 9.17) is 21.4 Å². The third-order valence-corrected chi connectivity index (χ3v) is 3.72. The lowest BCUT2D eigenvalue weighted by Gasteiger charge is -2.15. The first kappa shape index (κ1) is 18.5. The molecule has 1 unspecified atom stereocenters. The van der Waals surface area contributed by atoms with Crippen LogP contribution >= 0.6 is 24.0 Å².